The van der Waals surface area contributed by atoms with Crippen LogP contribution in [0.25, 0.3) is 0 Å². The van der Waals surface area contributed by atoms with Gasteiger partial charge in [-0.15, -0.1) is 0 Å². The van der Waals surface area contributed by atoms with Crippen molar-refractivity contribution in [1.82, 2.24) is 10.6 Å². The minimum Gasteiger partial charge on any atom is -0.467 e. The Morgan fingerprint density at radius 1 is 1.16 bits per heavy atom. The number of nitrogens with one attached hydrogen (secondary N) is 2. The molecule has 0 unspecified atom stereocenters. The van der Waals surface area contributed by atoms with Crippen LogP contribution in [0.4, 0.5) is 0 Å². The third-order valence-electron chi connectivity index (χ3n) is 2.39. The highest BCUT2D eigenvalue weighted by Crippen LogP contribution is 2.02. The molecule has 0 aromatic rings. The van der Waals surface area contributed by atoms with Gasteiger partial charge in [-0.25, -0.2) is 4.79 Å². The smallest absolute Gasteiger partial charge is 0.328 e. The van der Waals surface area contributed by atoms with Gasteiger partial charge in [-0.1, -0.05) is 13.2 Å². The van der Waals surface area contributed by atoms with Crippen molar-refractivity contribution in [3.63, 3.8) is 0 Å². The summed E-state index contributed by atoms with van der Waals surface area (Å²) >= 11 is 0. The molecule has 6 heteroatoms. The normalized spacial score (nSPS) is 11.0. The zero-order valence-electron chi connectivity index (χ0n) is 11.1. The molecule has 0 fully saturated rings. The summed E-state index contributed by atoms with van der Waals surface area (Å²) in [6.45, 7) is 7.14. The SMILES string of the molecule is C=CC(=O)NCCCC[C@H](NC(=O)C=C)C(=O)OC. The molecule has 0 aliphatic rings. The molecule has 0 heterocycles. The van der Waals surface area contributed by atoms with E-state index in [2.05, 4.69) is 28.5 Å². The molecule has 0 radical (unpaired) electrons. The first-order valence-corrected chi connectivity index (χ1v) is 5.96. The zero-order chi connectivity index (χ0) is 14.7. The van der Waals surface area contributed by atoms with Crippen molar-refractivity contribution in [1.29, 1.82) is 0 Å². The maximum atomic E-state index is 11.4. The molecule has 19 heavy (non-hydrogen) atoms. The van der Waals surface area contributed by atoms with E-state index in [0.717, 1.165) is 6.08 Å². The summed E-state index contributed by atoms with van der Waals surface area (Å²) in [4.78, 5) is 33.5. The van der Waals surface area contributed by atoms with Crippen LogP contribution in [0.15, 0.2) is 25.3 Å². The van der Waals surface area contributed by atoms with Crippen molar-refractivity contribution in [2.75, 3.05) is 13.7 Å². The van der Waals surface area contributed by atoms with E-state index >= 15 is 0 Å². The minimum atomic E-state index is -0.689. The van der Waals surface area contributed by atoms with Crippen LogP contribution in [-0.4, -0.2) is 37.5 Å². The van der Waals surface area contributed by atoms with E-state index in [1.807, 2.05) is 0 Å². The van der Waals surface area contributed by atoms with E-state index in [4.69, 9.17) is 0 Å². The molecule has 0 bridgehead atoms. The van der Waals surface area contributed by atoms with Crippen molar-refractivity contribution >= 4 is 17.8 Å². The molecular weight excluding hydrogens is 248 g/mol. The van der Waals surface area contributed by atoms with Gasteiger partial charge >= 0.3 is 5.97 Å². The Kier molecular flexibility index (Phi) is 8.78. The Labute approximate surface area is 112 Å². The number of hydrogen-bond donors (Lipinski definition) is 2. The predicted octanol–water partition coefficient (Wildman–Crippen LogP) is 0.303. The monoisotopic (exact) mass is 268 g/mol. The largest absolute Gasteiger partial charge is 0.467 e. The average Bonchev–Trinajstić information content (AvgIpc) is 2.43. The third kappa shape index (κ3) is 7.75. The number of carbonyl (C=O) groups is 3. The topological polar surface area (TPSA) is 84.5 Å². The summed E-state index contributed by atoms with van der Waals surface area (Å²) in [5, 5.41) is 5.12. The zero-order valence-corrected chi connectivity index (χ0v) is 11.1. The molecule has 0 aromatic carbocycles. The van der Waals surface area contributed by atoms with E-state index < -0.39 is 17.9 Å². The quantitative estimate of drug-likeness (QED) is 0.358. The lowest BCUT2D eigenvalue weighted by Gasteiger charge is -2.15. The van der Waals surface area contributed by atoms with E-state index in [1.54, 1.807) is 0 Å². The summed E-state index contributed by atoms with van der Waals surface area (Å²) in [7, 11) is 1.26. The number of hydrogen-bond acceptors (Lipinski definition) is 4. The Hall–Kier alpha value is -2.11. The van der Waals surface area contributed by atoms with Gasteiger partial charge in [0, 0.05) is 6.54 Å². The fraction of sp³-hybridized carbons (Fsp3) is 0.462. The summed E-state index contributed by atoms with van der Waals surface area (Å²) in [5.74, 6) is -1.15. The van der Waals surface area contributed by atoms with Gasteiger partial charge in [0.2, 0.25) is 11.8 Å². The highest BCUT2D eigenvalue weighted by Gasteiger charge is 2.19. The van der Waals surface area contributed by atoms with Gasteiger partial charge in [0.1, 0.15) is 6.04 Å². The fourth-order valence-electron chi connectivity index (χ4n) is 1.38. The molecule has 6 nitrogen and oxygen atoms in total. The molecule has 0 aromatic heterocycles. The Bertz CT molecular complexity index is 353. The molecule has 0 saturated carbocycles. The van der Waals surface area contributed by atoms with Gasteiger partial charge in [0.25, 0.3) is 0 Å². The Morgan fingerprint density at radius 2 is 1.79 bits per heavy atom. The minimum absolute atomic E-state index is 0.232. The third-order valence-corrected chi connectivity index (χ3v) is 2.39. The lowest BCUT2D eigenvalue weighted by molar-refractivity contribution is -0.144. The molecule has 106 valence electrons. The molecular formula is C13H20N2O4. The number of rotatable bonds is 9. The number of amides is 2. The molecule has 0 rings (SSSR count). The molecule has 0 spiro atoms. The maximum Gasteiger partial charge on any atom is 0.328 e. The number of carbonyl (C=O) groups excluding carboxylic acids is 3. The highest BCUT2D eigenvalue weighted by molar-refractivity contribution is 5.91. The summed E-state index contributed by atoms with van der Waals surface area (Å²) < 4.78 is 4.60. The first-order valence-electron chi connectivity index (χ1n) is 5.96. The van der Waals surface area contributed by atoms with Crippen LogP contribution in [0, 0.1) is 0 Å². The number of methoxy groups -OCH3 is 1. The van der Waals surface area contributed by atoms with Crippen LogP contribution < -0.4 is 10.6 Å². The number of unbranched alkanes of at least 4 members (excludes halogenated alkanes) is 1. The maximum absolute atomic E-state index is 11.4. The van der Waals surface area contributed by atoms with Crippen LogP contribution in [-0.2, 0) is 19.1 Å². The van der Waals surface area contributed by atoms with Gasteiger partial charge in [-0.2, -0.15) is 0 Å². The first-order chi connectivity index (χ1) is 9.04. The van der Waals surface area contributed by atoms with Gasteiger partial charge in [0.15, 0.2) is 0 Å². The van der Waals surface area contributed by atoms with Gasteiger partial charge < -0.3 is 15.4 Å². The second-order valence-electron chi connectivity index (χ2n) is 3.78. The second kappa shape index (κ2) is 9.87. The number of ether oxygens (including phenoxy) is 1. The van der Waals surface area contributed by atoms with Crippen molar-refractivity contribution < 1.29 is 19.1 Å². The van der Waals surface area contributed by atoms with Crippen LogP contribution in [0.2, 0.25) is 0 Å². The van der Waals surface area contributed by atoms with E-state index in [9.17, 15) is 14.4 Å². The Balaban J connectivity index is 4.02. The Morgan fingerprint density at radius 3 is 2.32 bits per heavy atom. The molecule has 2 N–H and O–H groups in total. The van der Waals surface area contributed by atoms with Crippen molar-refractivity contribution in [2.45, 2.75) is 25.3 Å². The van der Waals surface area contributed by atoms with Crippen LogP contribution in [0.1, 0.15) is 19.3 Å². The van der Waals surface area contributed by atoms with Crippen molar-refractivity contribution in [3.8, 4) is 0 Å². The fourth-order valence-corrected chi connectivity index (χ4v) is 1.38. The van der Waals surface area contributed by atoms with E-state index in [1.165, 1.54) is 13.2 Å². The molecule has 0 aliphatic carbocycles. The summed E-state index contributed by atoms with van der Waals surface area (Å²) in [5.41, 5.74) is 0. The van der Waals surface area contributed by atoms with Crippen molar-refractivity contribution in [3.05, 3.63) is 25.3 Å². The van der Waals surface area contributed by atoms with Crippen LogP contribution in [0.3, 0.4) is 0 Å². The van der Waals surface area contributed by atoms with E-state index in [0.29, 0.717) is 25.8 Å². The molecule has 0 aliphatic heterocycles. The predicted molar refractivity (Wildman–Crippen MR) is 71.2 cm³/mol. The molecule has 1 atom stereocenters. The molecule has 0 saturated heterocycles. The second-order valence-corrected chi connectivity index (χ2v) is 3.78. The standard InChI is InChI=1S/C13H20N2O4/c1-4-11(16)14-9-7-6-8-10(13(18)19-3)15-12(17)5-2/h4-5,10H,1-2,6-9H2,3H3,(H,14,16)(H,15,17)/t10-/m0/s1. The lowest BCUT2D eigenvalue weighted by Crippen LogP contribution is -2.40. The number of esters is 1. The summed E-state index contributed by atoms with van der Waals surface area (Å²) in [6, 6.07) is -0.689. The van der Waals surface area contributed by atoms with Crippen LogP contribution >= 0.6 is 0 Å². The molecule has 2 amide bonds. The van der Waals surface area contributed by atoms with Gasteiger partial charge in [-0.3, -0.25) is 9.59 Å². The average molecular weight is 268 g/mol. The lowest BCUT2D eigenvalue weighted by atomic mass is 10.1. The van der Waals surface area contributed by atoms with Crippen LogP contribution in [0.5, 0.6) is 0 Å². The summed E-state index contributed by atoms with van der Waals surface area (Å²) in [6.07, 6.45) is 4.09. The van der Waals surface area contributed by atoms with E-state index in [-0.39, 0.29) is 5.91 Å². The van der Waals surface area contributed by atoms with Crippen molar-refractivity contribution in [2.24, 2.45) is 0 Å². The van der Waals surface area contributed by atoms with Gasteiger partial charge in [0.05, 0.1) is 7.11 Å². The van der Waals surface area contributed by atoms with Gasteiger partial charge in [-0.05, 0) is 31.4 Å². The first kappa shape index (κ1) is 16.9. The highest BCUT2D eigenvalue weighted by atomic mass is 16.5.